The number of aliphatic hydroxyl groups excluding tert-OH is 1. The largest absolute Gasteiger partial charge is 0.388 e. The molecular weight excluding hydrogens is 319 g/mol. The van der Waals surface area contributed by atoms with Crippen molar-refractivity contribution < 1.29 is 14.3 Å². The number of H-pyrrole nitrogens is 1. The minimum Gasteiger partial charge on any atom is -0.388 e. The van der Waals surface area contributed by atoms with Gasteiger partial charge in [0.15, 0.2) is 0 Å². The van der Waals surface area contributed by atoms with Crippen LogP contribution in [0.4, 0.5) is 4.39 Å². The van der Waals surface area contributed by atoms with E-state index < -0.39 is 6.10 Å². The van der Waals surface area contributed by atoms with Crippen molar-refractivity contribution in [2.45, 2.75) is 32.4 Å². The molecule has 3 aromatic rings. The van der Waals surface area contributed by atoms with Crippen molar-refractivity contribution in [3.8, 4) is 0 Å². The Bertz CT molecular complexity index is 886. The van der Waals surface area contributed by atoms with Crippen molar-refractivity contribution in [3.63, 3.8) is 0 Å². The number of aromatic amines is 1. The summed E-state index contributed by atoms with van der Waals surface area (Å²) in [4.78, 5) is 15.9. The van der Waals surface area contributed by atoms with Gasteiger partial charge in [0, 0.05) is 22.6 Å². The van der Waals surface area contributed by atoms with Crippen LogP contribution in [-0.2, 0) is 0 Å². The number of aromatic nitrogens is 1. The summed E-state index contributed by atoms with van der Waals surface area (Å²) < 4.78 is 13.0. The van der Waals surface area contributed by atoms with Crippen LogP contribution in [0.15, 0.2) is 48.5 Å². The Morgan fingerprint density at radius 2 is 1.88 bits per heavy atom. The SMILES string of the molecule is Cc1[nH]c2ccccc2c1C(=O)NC(C)CC(O)c1ccc(F)cc1. The molecule has 2 aromatic carbocycles. The van der Waals surface area contributed by atoms with Gasteiger partial charge in [0.05, 0.1) is 11.7 Å². The van der Waals surface area contributed by atoms with Gasteiger partial charge in [-0.05, 0) is 44.0 Å². The molecule has 0 saturated carbocycles. The zero-order valence-electron chi connectivity index (χ0n) is 14.2. The van der Waals surface area contributed by atoms with E-state index in [1.54, 1.807) is 12.1 Å². The standard InChI is InChI=1S/C20H21FN2O2/c1-12(11-18(24)14-7-9-15(21)10-8-14)22-20(25)19-13(2)23-17-6-4-3-5-16(17)19/h3-10,12,18,23-24H,11H2,1-2H3,(H,22,25). The topological polar surface area (TPSA) is 65.1 Å². The van der Waals surface area contributed by atoms with Gasteiger partial charge in [-0.3, -0.25) is 4.79 Å². The summed E-state index contributed by atoms with van der Waals surface area (Å²) >= 11 is 0. The zero-order valence-corrected chi connectivity index (χ0v) is 14.2. The number of carbonyl (C=O) groups is 1. The van der Waals surface area contributed by atoms with E-state index in [9.17, 15) is 14.3 Å². The van der Waals surface area contributed by atoms with Crippen LogP contribution in [0.5, 0.6) is 0 Å². The smallest absolute Gasteiger partial charge is 0.253 e. The number of fused-ring (bicyclic) bond motifs is 1. The van der Waals surface area contributed by atoms with Gasteiger partial charge in [-0.2, -0.15) is 0 Å². The van der Waals surface area contributed by atoms with E-state index in [4.69, 9.17) is 0 Å². The molecule has 1 aromatic heterocycles. The van der Waals surface area contributed by atoms with Gasteiger partial charge in [0.25, 0.3) is 5.91 Å². The maximum Gasteiger partial charge on any atom is 0.253 e. The van der Waals surface area contributed by atoms with Gasteiger partial charge in [-0.25, -0.2) is 4.39 Å². The minimum absolute atomic E-state index is 0.172. The number of amides is 1. The van der Waals surface area contributed by atoms with Crippen LogP contribution >= 0.6 is 0 Å². The minimum atomic E-state index is -0.764. The highest BCUT2D eigenvalue weighted by Gasteiger charge is 2.19. The van der Waals surface area contributed by atoms with Crippen LogP contribution in [0.25, 0.3) is 10.9 Å². The number of hydrogen-bond donors (Lipinski definition) is 3. The lowest BCUT2D eigenvalue weighted by Gasteiger charge is -2.18. The molecule has 0 aliphatic rings. The molecule has 0 fully saturated rings. The maximum atomic E-state index is 13.0. The second-order valence-electron chi connectivity index (χ2n) is 6.35. The van der Waals surface area contributed by atoms with Crippen LogP contribution in [0, 0.1) is 12.7 Å². The number of carbonyl (C=O) groups excluding carboxylic acids is 1. The Morgan fingerprint density at radius 3 is 2.60 bits per heavy atom. The Balaban J connectivity index is 1.69. The van der Waals surface area contributed by atoms with Crippen molar-refractivity contribution in [3.05, 3.63) is 71.2 Å². The van der Waals surface area contributed by atoms with E-state index >= 15 is 0 Å². The molecule has 25 heavy (non-hydrogen) atoms. The molecule has 4 nitrogen and oxygen atoms in total. The fourth-order valence-electron chi connectivity index (χ4n) is 3.08. The molecule has 0 bridgehead atoms. The third kappa shape index (κ3) is 3.72. The maximum absolute atomic E-state index is 13.0. The highest BCUT2D eigenvalue weighted by molar-refractivity contribution is 6.08. The number of para-hydroxylation sites is 1. The Hall–Kier alpha value is -2.66. The average molecular weight is 340 g/mol. The van der Waals surface area contributed by atoms with Gasteiger partial charge in [0.2, 0.25) is 0 Å². The quantitative estimate of drug-likeness (QED) is 0.660. The molecule has 0 radical (unpaired) electrons. The van der Waals surface area contributed by atoms with Crippen molar-refractivity contribution >= 4 is 16.8 Å². The second kappa shape index (κ2) is 7.07. The first-order valence-corrected chi connectivity index (χ1v) is 8.27. The molecular formula is C20H21FN2O2. The summed E-state index contributed by atoms with van der Waals surface area (Å²) in [5.74, 6) is -0.513. The molecule has 0 aliphatic heterocycles. The van der Waals surface area contributed by atoms with E-state index in [0.717, 1.165) is 16.6 Å². The fraction of sp³-hybridized carbons (Fsp3) is 0.250. The molecule has 2 unspecified atom stereocenters. The fourth-order valence-corrected chi connectivity index (χ4v) is 3.08. The molecule has 3 rings (SSSR count). The molecule has 1 heterocycles. The molecule has 5 heteroatoms. The summed E-state index contributed by atoms with van der Waals surface area (Å²) in [6.45, 7) is 3.71. The summed E-state index contributed by atoms with van der Waals surface area (Å²) in [5, 5.41) is 14.1. The van der Waals surface area contributed by atoms with Crippen LogP contribution in [0.1, 0.15) is 41.1 Å². The first kappa shape index (κ1) is 17.2. The summed E-state index contributed by atoms with van der Waals surface area (Å²) in [7, 11) is 0. The number of rotatable bonds is 5. The summed E-state index contributed by atoms with van der Waals surface area (Å²) in [6.07, 6.45) is -0.418. The second-order valence-corrected chi connectivity index (χ2v) is 6.35. The molecule has 1 amide bonds. The van der Waals surface area contributed by atoms with Gasteiger partial charge in [0.1, 0.15) is 5.82 Å². The van der Waals surface area contributed by atoms with Crippen molar-refractivity contribution in [2.24, 2.45) is 0 Å². The molecule has 2 atom stereocenters. The Labute approximate surface area is 145 Å². The molecule has 0 saturated heterocycles. The predicted octanol–water partition coefficient (Wildman–Crippen LogP) is 3.86. The third-order valence-electron chi connectivity index (χ3n) is 4.33. The van der Waals surface area contributed by atoms with Crippen molar-refractivity contribution in [1.29, 1.82) is 0 Å². The van der Waals surface area contributed by atoms with Crippen LogP contribution in [0.2, 0.25) is 0 Å². The van der Waals surface area contributed by atoms with E-state index in [2.05, 4.69) is 10.3 Å². The lowest BCUT2D eigenvalue weighted by atomic mass is 10.0. The monoisotopic (exact) mass is 340 g/mol. The van der Waals surface area contributed by atoms with Crippen LogP contribution in [-0.4, -0.2) is 22.0 Å². The van der Waals surface area contributed by atoms with Crippen LogP contribution in [0.3, 0.4) is 0 Å². The van der Waals surface area contributed by atoms with Gasteiger partial charge in [-0.1, -0.05) is 30.3 Å². The first-order chi connectivity index (χ1) is 12.0. The number of hydrogen-bond acceptors (Lipinski definition) is 2. The van der Waals surface area contributed by atoms with E-state index in [1.165, 1.54) is 12.1 Å². The molecule has 130 valence electrons. The molecule has 3 N–H and O–H groups in total. The van der Waals surface area contributed by atoms with Gasteiger partial charge >= 0.3 is 0 Å². The summed E-state index contributed by atoms with van der Waals surface area (Å²) in [5.41, 5.74) is 2.98. The van der Waals surface area contributed by atoms with Gasteiger partial charge < -0.3 is 15.4 Å². The lowest BCUT2D eigenvalue weighted by molar-refractivity contribution is 0.0918. The number of aryl methyl sites for hydroxylation is 1. The van der Waals surface area contributed by atoms with Crippen LogP contribution < -0.4 is 5.32 Å². The third-order valence-corrected chi connectivity index (χ3v) is 4.33. The highest BCUT2D eigenvalue weighted by Crippen LogP contribution is 2.23. The predicted molar refractivity (Wildman–Crippen MR) is 95.9 cm³/mol. The van der Waals surface area contributed by atoms with Crippen molar-refractivity contribution in [1.82, 2.24) is 10.3 Å². The van der Waals surface area contributed by atoms with E-state index in [-0.39, 0.29) is 17.8 Å². The average Bonchev–Trinajstić information content (AvgIpc) is 2.90. The first-order valence-electron chi connectivity index (χ1n) is 8.27. The number of aliphatic hydroxyl groups is 1. The highest BCUT2D eigenvalue weighted by atomic mass is 19.1. The van der Waals surface area contributed by atoms with Crippen molar-refractivity contribution in [2.75, 3.05) is 0 Å². The van der Waals surface area contributed by atoms with Gasteiger partial charge in [-0.15, -0.1) is 0 Å². The summed E-state index contributed by atoms with van der Waals surface area (Å²) in [6, 6.07) is 13.2. The number of halogens is 1. The lowest BCUT2D eigenvalue weighted by Crippen LogP contribution is -2.34. The van der Waals surface area contributed by atoms with E-state index in [0.29, 0.717) is 17.5 Å². The zero-order chi connectivity index (χ0) is 18.0. The number of benzene rings is 2. The molecule has 0 spiro atoms. The van der Waals surface area contributed by atoms with E-state index in [1.807, 2.05) is 38.1 Å². The normalized spacial score (nSPS) is 13.6. The Morgan fingerprint density at radius 1 is 1.20 bits per heavy atom. The Kier molecular flexibility index (Phi) is 4.86. The number of nitrogens with one attached hydrogen (secondary N) is 2. The molecule has 0 aliphatic carbocycles.